The molecule has 0 aliphatic heterocycles. The Balaban J connectivity index is 2.48. The van der Waals surface area contributed by atoms with Gasteiger partial charge in [0.2, 0.25) is 5.91 Å². The summed E-state index contributed by atoms with van der Waals surface area (Å²) >= 11 is 6.02. The third kappa shape index (κ3) is 4.52. The fourth-order valence-corrected chi connectivity index (χ4v) is 4.08. The lowest BCUT2D eigenvalue weighted by Crippen LogP contribution is -2.43. The maximum atomic E-state index is 13.1. The number of benzene rings is 2. The quantitative estimate of drug-likeness (QED) is 0.739. The first kappa shape index (κ1) is 19.3. The van der Waals surface area contributed by atoms with Crippen molar-refractivity contribution in [2.24, 2.45) is 0 Å². The van der Waals surface area contributed by atoms with Crippen LogP contribution in [0.25, 0.3) is 0 Å². The molecule has 2 aromatic carbocycles. The number of carbonyl (C=O) groups excluding carboxylic acids is 1. The highest BCUT2D eigenvalue weighted by atomic mass is 35.5. The molecule has 0 saturated heterocycles. The van der Waals surface area contributed by atoms with Crippen molar-refractivity contribution in [3.8, 4) is 0 Å². The second-order valence-electron chi connectivity index (χ2n) is 5.37. The highest BCUT2D eigenvalue weighted by molar-refractivity contribution is 7.92. The van der Waals surface area contributed by atoms with E-state index in [0.29, 0.717) is 23.8 Å². The van der Waals surface area contributed by atoms with Gasteiger partial charge in [-0.15, -0.1) is 0 Å². The number of amides is 1. The summed E-state index contributed by atoms with van der Waals surface area (Å²) in [5.41, 5.74) is 0.358. The van der Waals surface area contributed by atoms with Crippen LogP contribution in [0.2, 0.25) is 5.02 Å². The molecule has 0 radical (unpaired) electrons. The number of sulfonamides is 1. The minimum Gasteiger partial charge on any atom is -0.342 e. The number of hydrogen-bond acceptors (Lipinski definition) is 3. The average Bonchev–Trinajstić information content (AvgIpc) is 2.61. The summed E-state index contributed by atoms with van der Waals surface area (Å²) in [5, 5.41) is 0.404. The van der Waals surface area contributed by atoms with Crippen LogP contribution in [0.15, 0.2) is 59.5 Å². The topological polar surface area (TPSA) is 57.7 Å². The standard InChI is InChI=1S/C18H21ClN2O3S/c1-3-20(4-2)18(22)14-21(16-10-8-9-15(19)13-16)25(23,24)17-11-6-5-7-12-17/h5-13H,3-4,14H2,1-2H3. The molecule has 5 nitrogen and oxygen atoms in total. The summed E-state index contributed by atoms with van der Waals surface area (Å²) in [4.78, 5) is 14.3. The van der Waals surface area contributed by atoms with Crippen molar-refractivity contribution in [2.45, 2.75) is 18.7 Å². The largest absolute Gasteiger partial charge is 0.342 e. The van der Waals surface area contributed by atoms with Crippen LogP contribution in [-0.2, 0) is 14.8 Å². The normalized spacial score (nSPS) is 11.2. The highest BCUT2D eigenvalue weighted by Gasteiger charge is 2.28. The van der Waals surface area contributed by atoms with Gasteiger partial charge in [-0.1, -0.05) is 35.9 Å². The van der Waals surface area contributed by atoms with E-state index < -0.39 is 10.0 Å². The summed E-state index contributed by atoms with van der Waals surface area (Å²) in [5.74, 6) is -0.260. The minimum atomic E-state index is -3.89. The van der Waals surface area contributed by atoms with Gasteiger partial charge in [0, 0.05) is 18.1 Å². The van der Waals surface area contributed by atoms with E-state index >= 15 is 0 Å². The van der Waals surface area contributed by atoms with E-state index in [1.165, 1.54) is 18.2 Å². The molecule has 2 aromatic rings. The first-order chi connectivity index (χ1) is 11.9. The van der Waals surface area contributed by atoms with E-state index in [-0.39, 0.29) is 17.3 Å². The van der Waals surface area contributed by atoms with Crippen molar-refractivity contribution in [3.05, 3.63) is 59.6 Å². The number of hydrogen-bond donors (Lipinski definition) is 0. The van der Waals surface area contributed by atoms with Gasteiger partial charge in [0.25, 0.3) is 10.0 Å². The van der Waals surface area contributed by atoms with Crippen molar-refractivity contribution in [3.63, 3.8) is 0 Å². The summed E-state index contributed by atoms with van der Waals surface area (Å²) in [7, 11) is -3.89. The third-order valence-corrected chi connectivity index (χ3v) is 5.85. The zero-order valence-electron chi connectivity index (χ0n) is 14.2. The van der Waals surface area contributed by atoms with Crippen LogP contribution in [0.4, 0.5) is 5.69 Å². The van der Waals surface area contributed by atoms with Gasteiger partial charge in [-0.05, 0) is 44.2 Å². The Labute approximate surface area is 153 Å². The molecule has 0 saturated carbocycles. The first-order valence-corrected chi connectivity index (χ1v) is 9.83. The second kappa shape index (κ2) is 8.36. The number of rotatable bonds is 7. The SMILES string of the molecule is CCN(CC)C(=O)CN(c1cccc(Cl)c1)S(=O)(=O)c1ccccc1. The number of halogens is 1. The van der Waals surface area contributed by atoms with E-state index in [9.17, 15) is 13.2 Å². The van der Waals surface area contributed by atoms with Gasteiger partial charge >= 0.3 is 0 Å². The van der Waals surface area contributed by atoms with Crippen molar-refractivity contribution in [1.82, 2.24) is 4.90 Å². The maximum absolute atomic E-state index is 13.1. The zero-order chi connectivity index (χ0) is 18.4. The Morgan fingerprint density at radius 3 is 2.20 bits per heavy atom. The van der Waals surface area contributed by atoms with Gasteiger partial charge in [-0.3, -0.25) is 9.10 Å². The van der Waals surface area contributed by atoms with Gasteiger partial charge < -0.3 is 4.90 Å². The predicted octanol–water partition coefficient (Wildman–Crippen LogP) is 3.40. The van der Waals surface area contributed by atoms with Crippen LogP contribution in [0.5, 0.6) is 0 Å². The second-order valence-corrected chi connectivity index (χ2v) is 7.67. The summed E-state index contributed by atoms with van der Waals surface area (Å²) in [6.45, 7) is 4.47. The van der Waals surface area contributed by atoms with E-state index in [1.807, 2.05) is 13.8 Å². The Kier molecular flexibility index (Phi) is 6.45. The Morgan fingerprint density at radius 1 is 1.00 bits per heavy atom. The van der Waals surface area contributed by atoms with Gasteiger partial charge in [-0.25, -0.2) is 8.42 Å². The monoisotopic (exact) mass is 380 g/mol. The number of nitrogens with zero attached hydrogens (tertiary/aromatic N) is 2. The molecule has 1 amide bonds. The van der Waals surface area contributed by atoms with Gasteiger partial charge in [0.15, 0.2) is 0 Å². The Hall–Kier alpha value is -2.05. The summed E-state index contributed by atoms with van der Waals surface area (Å²) < 4.78 is 27.3. The molecule has 0 spiro atoms. The molecular formula is C18H21ClN2O3S. The van der Waals surface area contributed by atoms with Crippen molar-refractivity contribution in [2.75, 3.05) is 23.9 Å². The zero-order valence-corrected chi connectivity index (χ0v) is 15.8. The molecular weight excluding hydrogens is 360 g/mol. The Morgan fingerprint density at radius 2 is 1.64 bits per heavy atom. The lowest BCUT2D eigenvalue weighted by Gasteiger charge is -2.27. The fraction of sp³-hybridized carbons (Fsp3) is 0.278. The summed E-state index contributed by atoms with van der Waals surface area (Å²) in [6.07, 6.45) is 0. The number of carbonyl (C=O) groups is 1. The van der Waals surface area contributed by atoms with Gasteiger partial charge in [0.1, 0.15) is 6.54 Å². The number of likely N-dealkylation sites (N-methyl/N-ethyl adjacent to an activating group) is 1. The molecule has 134 valence electrons. The van der Waals surface area contributed by atoms with Gasteiger partial charge in [-0.2, -0.15) is 0 Å². The van der Waals surface area contributed by atoms with E-state index in [4.69, 9.17) is 11.6 Å². The van der Waals surface area contributed by atoms with Crippen molar-refractivity contribution in [1.29, 1.82) is 0 Å². The fourth-order valence-electron chi connectivity index (χ4n) is 2.47. The van der Waals surface area contributed by atoms with E-state index in [2.05, 4.69) is 0 Å². The molecule has 0 heterocycles. The molecule has 0 aromatic heterocycles. The third-order valence-electron chi connectivity index (χ3n) is 3.82. The minimum absolute atomic E-state index is 0.127. The summed E-state index contributed by atoms with van der Waals surface area (Å²) in [6, 6.07) is 14.5. The lowest BCUT2D eigenvalue weighted by molar-refractivity contribution is -0.129. The lowest BCUT2D eigenvalue weighted by atomic mass is 10.3. The molecule has 2 rings (SSSR count). The van der Waals surface area contributed by atoms with Crippen LogP contribution in [-0.4, -0.2) is 38.9 Å². The molecule has 0 bridgehead atoms. The average molecular weight is 381 g/mol. The number of anilines is 1. The van der Waals surface area contributed by atoms with E-state index in [1.54, 1.807) is 41.3 Å². The molecule has 0 unspecified atom stereocenters. The maximum Gasteiger partial charge on any atom is 0.264 e. The van der Waals surface area contributed by atoms with Crippen LogP contribution in [0, 0.1) is 0 Å². The van der Waals surface area contributed by atoms with Gasteiger partial charge in [0.05, 0.1) is 10.6 Å². The van der Waals surface area contributed by atoms with Crippen LogP contribution >= 0.6 is 11.6 Å². The van der Waals surface area contributed by atoms with Crippen LogP contribution in [0.3, 0.4) is 0 Å². The van der Waals surface area contributed by atoms with Crippen LogP contribution < -0.4 is 4.31 Å². The molecule has 0 fully saturated rings. The van der Waals surface area contributed by atoms with E-state index in [0.717, 1.165) is 4.31 Å². The smallest absolute Gasteiger partial charge is 0.264 e. The molecule has 25 heavy (non-hydrogen) atoms. The molecule has 0 aliphatic carbocycles. The first-order valence-electron chi connectivity index (χ1n) is 8.01. The van der Waals surface area contributed by atoms with Crippen molar-refractivity contribution < 1.29 is 13.2 Å². The Bertz CT molecular complexity index is 821. The molecule has 0 aliphatic rings. The van der Waals surface area contributed by atoms with Crippen molar-refractivity contribution >= 4 is 33.2 Å². The molecule has 0 atom stereocenters. The molecule has 0 N–H and O–H groups in total. The van der Waals surface area contributed by atoms with Crippen LogP contribution in [0.1, 0.15) is 13.8 Å². The molecule has 7 heteroatoms. The predicted molar refractivity (Wildman–Crippen MR) is 100 cm³/mol. The highest BCUT2D eigenvalue weighted by Crippen LogP contribution is 2.26.